The van der Waals surface area contributed by atoms with E-state index in [1.165, 1.54) is 0 Å². The largest absolute Gasteiger partial charge is 0.465 e. The quantitative estimate of drug-likeness (QED) is 0.702. The second kappa shape index (κ2) is 5.95. The van der Waals surface area contributed by atoms with Gasteiger partial charge < -0.3 is 20.4 Å². The third-order valence-electron chi connectivity index (χ3n) is 3.27. The summed E-state index contributed by atoms with van der Waals surface area (Å²) in [6, 6.07) is 0. The van der Waals surface area contributed by atoms with Crippen molar-refractivity contribution in [1.82, 2.24) is 14.9 Å². The van der Waals surface area contributed by atoms with Crippen LogP contribution < -0.4 is 5.32 Å². The molecule has 7 nitrogen and oxygen atoms in total. The summed E-state index contributed by atoms with van der Waals surface area (Å²) < 4.78 is 26.2. The van der Waals surface area contributed by atoms with E-state index in [1.807, 2.05) is 0 Å². The summed E-state index contributed by atoms with van der Waals surface area (Å²) in [5.74, 6) is -2.96. The van der Waals surface area contributed by atoms with Gasteiger partial charge in [0.2, 0.25) is 5.82 Å². The first kappa shape index (κ1) is 14.4. The Labute approximate surface area is 113 Å². The van der Waals surface area contributed by atoms with Crippen LogP contribution in [0.15, 0.2) is 6.33 Å². The van der Waals surface area contributed by atoms with Gasteiger partial charge in [-0.1, -0.05) is 0 Å². The van der Waals surface area contributed by atoms with Gasteiger partial charge in [-0.15, -0.1) is 0 Å². The number of likely N-dealkylation sites (tertiary alicyclic amines) is 1. The zero-order chi connectivity index (χ0) is 14.7. The van der Waals surface area contributed by atoms with E-state index < -0.39 is 24.0 Å². The Bertz CT molecular complexity index is 503. The van der Waals surface area contributed by atoms with Crippen molar-refractivity contribution in [2.75, 3.05) is 25.0 Å². The van der Waals surface area contributed by atoms with Crippen LogP contribution in [0.4, 0.5) is 19.4 Å². The molecule has 0 radical (unpaired) electrons. The summed E-state index contributed by atoms with van der Waals surface area (Å²) in [4.78, 5) is 18.5. The molecule has 2 atom stereocenters. The normalized spacial score (nSPS) is 22.6. The number of nitrogens with zero attached hydrogens (tertiary/aromatic N) is 3. The molecule has 20 heavy (non-hydrogen) atoms. The highest BCUT2D eigenvalue weighted by Crippen LogP contribution is 2.19. The van der Waals surface area contributed by atoms with Crippen LogP contribution in [0.25, 0.3) is 0 Å². The highest BCUT2D eigenvalue weighted by molar-refractivity contribution is 5.65. The minimum Gasteiger partial charge on any atom is -0.465 e. The Morgan fingerprint density at radius 1 is 1.50 bits per heavy atom. The Hall–Kier alpha value is -2.03. The first-order valence-corrected chi connectivity index (χ1v) is 6.05. The van der Waals surface area contributed by atoms with Crippen LogP contribution >= 0.6 is 0 Å². The molecule has 0 bridgehead atoms. The molecular weight excluding hydrogens is 274 g/mol. The number of aliphatic hydroxyl groups excluding tert-OH is 1. The lowest BCUT2D eigenvalue weighted by molar-refractivity contribution is 0.0294. The van der Waals surface area contributed by atoms with E-state index in [1.54, 1.807) is 0 Å². The summed E-state index contributed by atoms with van der Waals surface area (Å²) in [7, 11) is 0. The standard InChI is InChI=1S/C11H14F2N4O3/c12-8-9(13)15-5-16-10(8)14-3-6-1-2-17(11(19)20)4-7(6)18/h5-7,18H,1-4H2,(H,19,20)(H,14,15,16)/t6-,7+/m1/s1. The van der Waals surface area contributed by atoms with Gasteiger partial charge in [0.25, 0.3) is 5.95 Å². The molecule has 1 amide bonds. The molecule has 1 aromatic rings. The molecule has 3 N–H and O–H groups in total. The number of halogens is 2. The molecule has 1 aromatic heterocycles. The Morgan fingerprint density at radius 3 is 2.90 bits per heavy atom. The van der Waals surface area contributed by atoms with Gasteiger partial charge in [0.15, 0.2) is 5.82 Å². The molecule has 1 aliphatic rings. The van der Waals surface area contributed by atoms with Crippen molar-refractivity contribution in [1.29, 1.82) is 0 Å². The summed E-state index contributed by atoms with van der Waals surface area (Å²) in [5, 5.41) is 21.3. The Kier molecular flexibility index (Phi) is 4.28. The van der Waals surface area contributed by atoms with Crippen LogP contribution in [0.5, 0.6) is 0 Å². The first-order valence-electron chi connectivity index (χ1n) is 6.05. The second-order valence-corrected chi connectivity index (χ2v) is 4.55. The molecule has 2 heterocycles. The number of carboxylic acid groups (broad SMARTS) is 1. The summed E-state index contributed by atoms with van der Waals surface area (Å²) in [5.41, 5.74) is 0. The average Bonchev–Trinajstić information content (AvgIpc) is 2.41. The number of aromatic nitrogens is 2. The van der Waals surface area contributed by atoms with E-state index in [-0.39, 0.29) is 24.8 Å². The molecule has 0 aromatic carbocycles. The number of β-amino-alcohol motifs (C(OH)–C–C–N with tert-alkyl or cyclic N) is 1. The fraction of sp³-hybridized carbons (Fsp3) is 0.545. The molecule has 0 saturated carbocycles. The summed E-state index contributed by atoms with van der Waals surface area (Å²) in [6.07, 6.45) is -0.624. The lowest BCUT2D eigenvalue weighted by Crippen LogP contribution is -2.47. The predicted octanol–water partition coefficient (Wildman–Crippen LogP) is 0.528. The van der Waals surface area contributed by atoms with Crippen LogP contribution in [0.1, 0.15) is 6.42 Å². The maximum absolute atomic E-state index is 13.3. The molecule has 1 aliphatic heterocycles. The molecule has 1 saturated heterocycles. The fourth-order valence-corrected chi connectivity index (χ4v) is 2.09. The zero-order valence-electron chi connectivity index (χ0n) is 10.5. The van der Waals surface area contributed by atoms with Gasteiger partial charge in [-0.05, 0) is 6.42 Å². The molecule has 0 spiro atoms. The third-order valence-corrected chi connectivity index (χ3v) is 3.27. The zero-order valence-corrected chi connectivity index (χ0v) is 10.5. The van der Waals surface area contributed by atoms with Crippen molar-refractivity contribution in [2.24, 2.45) is 5.92 Å². The Balaban J connectivity index is 1.92. The van der Waals surface area contributed by atoms with E-state index in [0.29, 0.717) is 13.0 Å². The van der Waals surface area contributed by atoms with Crippen LogP contribution in [-0.2, 0) is 0 Å². The monoisotopic (exact) mass is 288 g/mol. The number of hydrogen-bond donors (Lipinski definition) is 3. The number of nitrogens with one attached hydrogen (secondary N) is 1. The van der Waals surface area contributed by atoms with Gasteiger partial charge in [0.1, 0.15) is 6.33 Å². The molecule has 110 valence electrons. The molecule has 0 unspecified atom stereocenters. The number of amides is 1. The summed E-state index contributed by atoms with van der Waals surface area (Å²) in [6.45, 7) is 0.462. The minimum atomic E-state index is -1.25. The van der Waals surface area contributed by atoms with Crippen molar-refractivity contribution in [3.8, 4) is 0 Å². The topological polar surface area (TPSA) is 98.6 Å². The predicted molar refractivity (Wildman–Crippen MR) is 64.1 cm³/mol. The summed E-state index contributed by atoms with van der Waals surface area (Å²) >= 11 is 0. The first-order chi connectivity index (χ1) is 9.49. The van der Waals surface area contributed by atoms with Gasteiger partial charge in [-0.3, -0.25) is 0 Å². The van der Waals surface area contributed by atoms with Crippen LogP contribution in [-0.4, -0.2) is 56.9 Å². The number of anilines is 1. The lowest BCUT2D eigenvalue weighted by atomic mass is 9.94. The number of piperidine rings is 1. The van der Waals surface area contributed by atoms with Crippen molar-refractivity contribution in [3.05, 3.63) is 18.1 Å². The highest BCUT2D eigenvalue weighted by atomic mass is 19.2. The SMILES string of the molecule is O=C(O)N1CC[C@H](CNc2ncnc(F)c2F)[C@@H](O)C1. The van der Waals surface area contributed by atoms with E-state index in [0.717, 1.165) is 11.2 Å². The molecule has 2 rings (SSSR count). The maximum atomic E-state index is 13.3. The second-order valence-electron chi connectivity index (χ2n) is 4.55. The number of hydrogen-bond acceptors (Lipinski definition) is 5. The van der Waals surface area contributed by atoms with Gasteiger partial charge in [0, 0.05) is 19.0 Å². The highest BCUT2D eigenvalue weighted by Gasteiger charge is 2.30. The van der Waals surface area contributed by atoms with Crippen molar-refractivity contribution >= 4 is 11.9 Å². The van der Waals surface area contributed by atoms with E-state index in [4.69, 9.17) is 5.11 Å². The molecular formula is C11H14F2N4O3. The van der Waals surface area contributed by atoms with E-state index in [9.17, 15) is 18.7 Å². The van der Waals surface area contributed by atoms with Crippen molar-refractivity contribution in [3.63, 3.8) is 0 Å². The van der Waals surface area contributed by atoms with Gasteiger partial charge in [-0.2, -0.15) is 8.78 Å². The average molecular weight is 288 g/mol. The van der Waals surface area contributed by atoms with Gasteiger partial charge >= 0.3 is 6.09 Å². The van der Waals surface area contributed by atoms with E-state index >= 15 is 0 Å². The molecule has 0 aliphatic carbocycles. The van der Waals surface area contributed by atoms with Crippen LogP contribution in [0, 0.1) is 17.7 Å². The fourth-order valence-electron chi connectivity index (χ4n) is 2.09. The number of rotatable bonds is 3. The molecule has 9 heteroatoms. The smallest absolute Gasteiger partial charge is 0.407 e. The van der Waals surface area contributed by atoms with Gasteiger partial charge in [-0.25, -0.2) is 14.8 Å². The van der Waals surface area contributed by atoms with Crippen LogP contribution in [0.3, 0.4) is 0 Å². The lowest BCUT2D eigenvalue weighted by Gasteiger charge is -2.34. The molecule has 1 fully saturated rings. The van der Waals surface area contributed by atoms with Crippen molar-refractivity contribution < 1.29 is 23.8 Å². The van der Waals surface area contributed by atoms with Gasteiger partial charge in [0.05, 0.1) is 12.6 Å². The third kappa shape index (κ3) is 3.10. The van der Waals surface area contributed by atoms with Crippen LogP contribution in [0.2, 0.25) is 0 Å². The maximum Gasteiger partial charge on any atom is 0.407 e. The van der Waals surface area contributed by atoms with Crippen molar-refractivity contribution in [2.45, 2.75) is 12.5 Å². The number of aliphatic hydroxyl groups is 1. The minimum absolute atomic E-state index is 0.00228. The Morgan fingerprint density at radius 2 is 2.25 bits per heavy atom. The number of carbonyl (C=O) groups is 1. The van der Waals surface area contributed by atoms with E-state index in [2.05, 4.69) is 15.3 Å².